The molecule has 0 aliphatic carbocycles. The van der Waals surface area contributed by atoms with Crippen molar-refractivity contribution in [2.75, 3.05) is 24.5 Å². The van der Waals surface area contributed by atoms with E-state index < -0.39 is 17.4 Å². The first-order chi connectivity index (χ1) is 13.5. The molecule has 5 N–H and O–H groups in total. The average Bonchev–Trinajstić information content (AvgIpc) is 3.21. The van der Waals surface area contributed by atoms with E-state index in [2.05, 4.69) is 15.3 Å². The molecule has 0 saturated carbocycles. The molecule has 8 heteroatoms. The number of aromatic nitrogens is 2. The van der Waals surface area contributed by atoms with Crippen molar-refractivity contribution in [1.29, 1.82) is 0 Å². The second kappa shape index (κ2) is 5.93. The number of nitrogens with zero attached hydrogens (tertiary/aromatic N) is 2. The highest BCUT2D eigenvalue weighted by atomic mass is 16.3. The minimum absolute atomic E-state index is 0.103. The number of aliphatic hydroxyl groups excluding tert-OH is 1. The molecule has 3 aromatic rings. The number of primary amides is 1. The Hall–Kier alpha value is -3.13. The number of carbonyl (C=O) groups excluding carboxylic acids is 2. The van der Waals surface area contributed by atoms with E-state index >= 15 is 0 Å². The molecular weight excluding hydrogens is 358 g/mol. The minimum atomic E-state index is -0.819. The summed E-state index contributed by atoms with van der Waals surface area (Å²) < 4.78 is 0. The number of aliphatic hydroxyl groups is 1. The Balaban J connectivity index is 1.70. The zero-order valence-electron chi connectivity index (χ0n) is 15.2. The summed E-state index contributed by atoms with van der Waals surface area (Å²) >= 11 is 0. The number of carbonyl (C=O) groups is 2. The summed E-state index contributed by atoms with van der Waals surface area (Å²) in [5.41, 5.74) is 6.61. The number of β-amino-alcohol motifs (C(OH)–C–C–N with tert-alkyl or cyclic N) is 1. The van der Waals surface area contributed by atoms with Crippen molar-refractivity contribution in [3.63, 3.8) is 0 Å². The van der Waals surface area contributed by atoms with Crippen molar-refractivity contribution in [1.82, 2.24) is 15.3 Å². The number of aromatic amines is 1. The van der Waals surface area contributed by atoms with Crippen molar-refractivity contribution < 1.29 is 14.7 Å². The van der Waals surface area contributed by atoms with Crippen LogP contribution in [0, 0.1) is 5.41 Å². The molecule has 5 rings (SSSR count). The van der Waals surface area contributed by atoms with E-state index in [0.717, 1.165) is 29.3 Å². The highest BCUT2D eigenvalue weighted by Gasteiger charge is 2.52. The summed E-state index contributed by atoms with van der Waals surface area (Å²) in [6, 6.07) is 7.77. The van der Waals surface area contributed by atoms with Gasteiger partial charge in [-0.25, -0.2) is 4.98 Å². The van der Waals surface area contributed by atoms with Crippen molar-refractivity contribution in [3.05, 3.63) is 36.0 Å². The van der Waals surface area contributed by atoms with Gasteiger partial charge in [0.2, 0.25) is 5.91 Å². The van der Waals surface area contributed by atoms with Gasteiger partial charge in [-0.3, -0.25) is 9.59 Å². The van der Waals surface area contributed by atoms with Crippen LogP contribution >= 0.6 is 0 Å². The number of hydrogen-bond acceptors (Lipinski definition) is 5. The molecule has 8 nitrogen and oxygen atoms in total. The molecule has 1 aromatic carbocycles. The Kier molecular flexibility index (Phi) is 3.60. The largest absolute Gasteiger partial charge is 0.390 e. The van der Waals surface area contributed by atoms with Crippen LogP contribution in [0.25, 0.3) is 21.8 Å². The smallest absolute Gasteiger partial charge is 0.252 e. The van der Waals surface area contributed by atoms with E-state index in [0.29, 0.717) is 29.9 Å². The number of pyridine rings is 1. The maximum absolute atomic E-state index is 12.5. The number of nitrogens with two attached hydrogens (primary N) is 1. The van der Waals surface area contributed by atoms with Gasteiger partial charge in [0.1, 0.15) is 5.82 Å². The maximum Gasteiger partial charge on any atom is 0.252 e. The second-order valence-corrected chi connectivity index (χ2v) is 7.69. The van der Waals surface area contributed by atoms with Crippen LogP contribution in [0.1, 0.15) is 23.2 Å². The Labute approximate surface area is 160 Å². The number of amides is 2. The first-order valence-electron chi connectivity index (χ1n) is 9.42. The molecule has 2 aliphatic rings. The second-order valence-electron chi connectivity index (χ2n) is 7.69. The molecule has 2 atom stereocenters. The number of anilines is 1. The fourth-order valence-corrected chi connectivity index (χ4v) is 4.69. The van der Waals surface area contributed by atoms with Crippen LogP contribution in [-0.4, -0.2) is 52.6 Å². The average molecular weight is 379 g/mol. The molecule has 2 amide bonds. The lowest BCUT2D eigenvalue weighted by Gasteiger charge is -2.41. The number of rotatable bonds is 2. The molecule has 0 bridgehead atoms. The minimum Gasteiger partial charge on any atom is -0.390 e. The molecule has 2 saturated heterocycles. The third-order valence-electron chi connectivity index (χ3n) is 6.15. The maximum atomic E-state index is 12.5. The van der Waals surface area contributed by atoms with Gasteiger partial charge >= 0.3 is 0 Å². The molecule has 4 heterocycles. The first kappa shape index (κ1) is 17.0. The van der Waals surface area contributed by atoms with Gasteiger partial charge in [0, 0.05) is 36.7 Å². The van der Waals surface area contributed by atoms with Gasteiger partial charge in [0.25, 0.3) is 5.91 Å². The standard InChI is InChI=1S/C20H21N5O3/c21-17(27)12-8-22-18(15-11-4-1-2-5-13(11)24-16(12)15)25-7-3-6-20(10-25)14(26)9-23-19(20)28/h1-2,4-5,8,14,24,26H,3,6-7,9-10H2,(H2,21,27)(H,23,28)/t14-,20+/m1/s1. The third-order valence-corrected chi connectivity index (χ3v) is 6.15. The van der Waals surface area contributed by atoms with E-state index in [9.17, 15) is 14.7 Å². The molecule has 2 aliphatic heterocycles. The van der Waals surface area contributed by atoms with Gasteiger partial charge < -0.3 is 26.0 Å². The lowest BCUT2D eigenvalue weighted by atomic mass is 9.76. The normalized spacial score (nSPS) is 25.0. The topological polar surface area (TPSA) is 124 Å². The molecule has 144 valence electrons. The number of nitrogens with one attached hydrogen (secondary N) is 2. The van der Waals surface area contributed by atoms with Crippen LogP contribution < -0.4 is 16.0 Å². The van der Waals surface area contributed by atoms with Gasteiger partial charge in [-0.2, -0.15) is 0 Å². The monoisotopic (exact) mass is 379 g/mol. The van der Waals surface area contributed by atoms with Crippen LogP contribution in [0.15, 0.2) is 30.5 Å². The van der Waals surface area contributed by atoms with Crippen molar-refractivity contribution in [3.8, 4) is 0 Å². The number of hydrogen-bond donors (Lipinski definition) is 4. The summed E-state index contributed by atoms with van der Waals surface area (Å²) in [5, 5.41) is 15.0. The Morgan fingerprint density at radius 1 is 1.36 bits per heavy atom. The van der Waals surface area contributed by atoms with E-state index in [1.807, 2.05) is 29.2 Å². The summed E-state index contributed by atoms with van der Waals surface area (Å²) in [6.45, 7) is 1.39. The van der Waals surface area contributed by atoms with Crippen molar-refractivity contribution >= 4 is 39.4 Å². The fourth-order valence-electron chi connectivity index (χ4n) is 4.69. The van der Waals surface area contributed by atoms with Gasteiger partial charge in [-0.1, -0.05) is 18.2 Å². The molecule has 28 heavy (non-hydrogen) atoms. The molecule has 0 radical (unpaired) electrons. The van der Waals surface area contributed by atoms with E-state index in [-0.39, 0.29) is 12.5 Å². The predicted octanol–water partition coefficient (Wildman–Crippen LogP) is 0.892. The number of fused-ring (bicyclic) bond motifs is 3. The van der Waals surface area contributed by atoms with Gasteiger partial charge in [0.05, 0.1) is 28.0 Å². The van der Waals surface area contributed by atoms with E-state index in [1.165, 1.54) is 6.20 Å². The van der Waals surface area contributed by atoms with Crippen LogP contribution in [0.2, 0.25) is 0 Å². The summed E-state index contributed by atoms with van der Waals surface area (Å²) in [5.74, 6) is 0.0494. The first-order valence-corrected chi connectivity index (χ1v) is 9.42. The SMILES string of the molecule is NC(=O)c1cnc(N2CCC[C@@]3(C2)C(=O)NC[C@H]3O)c2c1[nH]c1ccccc12. The summed E-state index contributed by atoms with van der Waals surface area (Å²) in [7, 11) is 0. The number of H-pyrrole nitrogens is 1. The van der Waals surface area contributed by atoms with Crippen LogP contribution in [0.5, 0.6) is 0 Å². The van der Waals surface area contributed by atoms with Gasteiger partial charge in [-0.15, -0.1) is 0 Å². The van der Waals surface area contributed by atoms with Crippen molar-refractivity contribution in [2.45, 2.75) is 18.9 Å². The number of benzene rings is 1. The third kappa shape index (κ3) is 2.24. The van der Waals surface area contributed by atoms with Crippen LogP contribution in [-0.2, 0) is 4.79 Å². The zero-order valence-corrected chi connectivity index (χ0v) is 15.2. The Bertz CT molecular complexity index is 1120. The lowest BCUT2D eigenvalue weighted by molar-refractivity contribution is -0.131. The van der Waals surface area contributed by atoms with E-state index in [1.54, 1.807) is 0 Å². The molecule has 2 aromatic heterocycles. The van der Waals surface area contributed by atoms with Crippen LogP contribution in [0.4, 0.5) is 5.82 Å². The fraction of sp³-hybridized carbons (Fsp3) is 0.350. The summed E-state index contributed by atoms with van der Waals surface area (Å²) in [4.78, 5) is 34.4. The van der Waals surface area contributed by atoms with Crippen LogP contribution in [0.3, 0.4) is 0 Å². The lowest BCUT2D eigenvalue weighted by Crippen LogP contribution is -2.52. The molecule has 1 spiro atoms. The Morgan fingerprint density at radius 2 is 2.18 bits per heavy atom. The number of piperidine rings is 1. The van der Waals surface area contributed by atoms with Gasteiger partial charge in [-0.05, 0) is 18.9 Å². The molecular formula is C20H21N5O3. The quantitative estimate of drug-likeness (QED) is 0.526. The molecule has 0 unspecified atom stereocenters. The number of para-hydroxylation sites is 1. The predicted molar refractivity (Wildman–Crippen MR) is 105 cm³/mol. The van der Waals surface area contributed by atoms with Crippen molar-refractivity contribution in [2.24, 2.45) is 11.1 Å². The zero-order chi connectivity index (χ0) is 19.5. The highest BCUT2D eigenvalue weighted by molar-refractivity contribution is 6.18. The highest BCUT2D eigenvalue weighted by Crippen LogP contribution is 2.41. The Morgan fingerprint density at radius 3 is 2.93 bits per heavy atom. The van der Waals surface area contributed by atoms with Gasteiger partial charge in [0.15, 0.2) is 0 Å². The molecule has 2 fully saturated rings. The van der Waals surface area contributed by atoms with E-state index in [4.69, 9.17) is 5.73 Å². The summed E-state index contributed by atoms with van der Waals surface area (Å²) in [6.07, 6.45) is 2.19.